The Morgan fingerprint density at radius 1 is 1.35 bits per heavy atom. The number of fused-ring (bicyclic) bond motifs is 1. The van der Waals surface area contributed by atoms with E-state index in [-0.39, 0.29) is 18.6 Å². The van der Waals surface area contributed by atoms with Crippen LogP contribution in [0.2, 0.25) is 0 Å². The third-order valence-corrected chi connectivity index (χ3v) is 5.14. The molecule has 26 heavy (non-hydrogen) atoms. The van der Waals surface area contributed by atoms with Gasteiger partial charge in [0.2, 0.25) is 0 Å². The highest BCUT2D eigenvalue weighted by Crippen LogP contribution is 2.24. The van der Waals surface area contributed by atoms with Gasteiger partial charge in [-0.1, -0.05) is 37.3 Å². The number of rotatable bonds is 6. The highest BCUT2D eigenvalue weighted by atomic mass is 16.5. The maximum atomic E-state index is 9.26. The fourth-order valence-electron chi connectivity index (χ4n) is 3.67. The molecule has 2 fully saturated rings. The Morgan fingerprint density at radius 2 is 2.15 bits per heavy atom. The summed E-state index contributed by atoms with van der Waals surface area (Å²) in [6.07, 6.45) is 0.228. The minimum atomic E-state index is 0.169. The van der Waals surface area contributed by atoms with Gasteiger partial charge in [-0.15, -0.1) is 0 Å². The van der Waals surface area contributed by atoms with Gasteiger partial charge in [0, 0.05) is 45.9 Å². The number of ether oxygens (including phenoxy) is 1. The van der Waals surface area contributed by atoms with E-state index < -0.39 is 0 Å². The van der Waals surface area contributed by atoms with Gasteiger partial charge in [0.1, 0.15) is 0 Å². The summed E-state index contributed by atoms with van der Waals surface area (Å²) in [5.41, 5.74) is 1.35. The number of guanidine groups is 1. The van der Waals surface area contributed by atoms with E-state index in [1.165, 1.54) is 5.56 Å². The van der Waals surface area contributed by atoms with Crippen molar-refractivity contribution in [2.45, 2.75) is 32.5 Å². The lowest BCUT2D eigenvalue weighted by molar-refractivity contribution is -0.0502. The van der Waals surface area contributed by atoms with Gasteiger partial charge in [0.05, 0.1) is 18.8 Å². The lowest BCUT2D eigenvalue weighted by Gasteiger charge is -2.36. The normalized spacial score (nSPS) is 25.2. The number of aliphatic hydroxyl groups excluding tert-OH is 1. The predicted octanol–water partition coefficient (Wildman–Crippen LogP) is 1.17. The third kappa shape index (κ3) is 4.75. The highest BCUT2D eigenvalue weighted by molar-refractivity contribution is 5.80. The van der Waals surface area contributed by atoms with E-state index in [1.54, 1.807) is 0 Å². The second-order valence-electron chi connectivity index (χ2n) is 7.32. The maximum absolute atomic E-state index is 9.26. The van der Waals surface area contributed by atoms with Crippen LogP contribution in [-0.2, 0) is 11.3 Å². The van der Waals surface area contributed by atoms with Crippen LogP contribution < -0.4 is 5.32 Å². The molecule has 6 nitrogen and oxygen atoms in total. The predicted molar refractivity (Wildman–Crippen MR) is 104 cm³/mol. The van der Waals surface area contributed by atoms with E-state index >= 15 is 0 Å². The summed E-state index contributed by atoms with van der Waals surface area (Å²) in [5, 5.41) is 12.7. The number of nitrogens with zero attached hydrogens (tertiary/aromatic N) is 3. The molecule has 2 saturated heterocycles. The number of aliphatic hydroxyl groups is 1. The van der Waals surface area contributed by atoms with Crippen LogP contribution in [0.5, 0.6) is 0 Å². The molecule has 3 rings (SSSR count). The number of hydrogen-bond donors (Lipinski definition) is 2. The van der Waals surface area contributed by atoms with Crippen molar-refractivity contribution in [3.05, 3.63) is 35.9 Å². The Balaban J connectivity index is 1.67. The van der Waals surface area contributed by atoms with Crippen LogP contribution in [0.3, 0.4) is 0 Å². The Labute approximate surface area is 156 Å². The second-order valence-corrected chi connectivity index (χ2v) is 7.32. The first-order chi connectivity index (χ1) is 12.7. The number of nitrogens with one attached hydrogen (secondary N) is 1. The van der Waals surface area contributed by atoms with E-state index in [2.05, 4.69) is 52.4 Å². The molecule has 144 valence electrons. The standard InChI is InChI=1S/C20H32N4O2/c1-3-21-20(22-11-16(2)15-25)24-13-18-19(14-24)26-10-9-23(18)12-17-7-5-4-6-8-17/h4-8,16,18-19,25H,3,9-15H2,1-2H3,(H,21,22). The third-order valence-electron chi connectivity index (χ3n) is 5.14. The molecule has 2 aliphatic heterocycles. The van der Waals surface area contributed by atoms with Gasteiger partial charge in [-0.3, -0.25) is 9.89 Å². The summed E-state index contributed by atoms with van der Waals surface area (Å²) in [7, 11) is 0. The minimum Gasteiger partial charge on any atom is -0.396 e. The van der Waals surface area contributed by atoms with Crippen molar-refractivity contribution in [3.8, 4) is 0 Å². The average Bonchev–Trinajstić information content (AvgIpc) is 3.11. The first kappa shape index (κ1) is 19.1. The van der Waals surface area contributed by atoms with Crippen LogP contribution in [0.15, 0.2) is 35.3 Å². The van der Waals surface area contributed by atoms with Crippen LogP contribution >= 0.6 is 0 Å². The quantitative estimate of drug-likeness (QED) is 0.589. The molecule has 2 N–H and O–H groups in total. The van der Waals surface area contributed by atoms with Crippen molar-refractivity contribution >= 4 is 5.96 Å². The van der Waals surface area contributed by atoms with Gasteiger partial charge >= 0.3 is 0 Å². The van der Waals surface area contributed by atoms with Crippen molar-refractivity contribution in [1.82, 2.24) is 15.1 Å². The minimum absolute atomic E-state index is 0.169. The van der Waals surface area contributed by atoms with Crippen molar-refractivity contribution in [1.29, 1.82) is 0 Å². The second kappa shape index (κ2) is 9.35. The summed E-state index contributed by atoms with van der Waals surface area (Å²) in [6, 6.07) is 11.1. The molecule has 2 heterocycles. The van der Waals surface area contributed by atoms with Crippen LogP contribution in [0.4, 0.5) is 0 Å². The molecule has 3 atom stereocenters. The average molecular weight is 361 g/mol. The molecule has 0 radical (unpaired) electrons. The fraction of sp³-hybridized carbons (Fsp3) is 0.650. The maximum Gasteiger partial charge on any atom is 0.194 e. The van der Waals surface area contributed by atoms with Crippen LogP contribution in [0.1, 0.15) is 19.4 Å². The molecule has 3 unspecified atom stereocenters. The Hall–Kier alpha value is -1.63. The van der Waals surface area contributed by atoms with E-state index in [0.29, 0.717) is 12.6 Å². The van der Waals surface area contributed by atoms with E-state index in [0.717, 1.165) is 45.3 Å². The summed E-state index contributed by atoms with van der Waals surface area (Å²) >= 11 is 0. The largest absolute Gasteiger partial charge is 0.396 e. The Kier molecular flexibility index (Phi) is 6.88. The number of hydrogen-bond acceptors (Lipinski definition) is 4. The SMILES string of the molecule is CCNC(=NCC(C)CO)N1CC2OCCN(Cc3ccccc3)C2C1. The molecule has 0 amide bonds. The van der Waals surface area contributed by atoms with Gasteiger partial charge in [-0.2, -0.15) is 0 Å². The van der Waals surface area contributed by atoms with Crippen LogP contribution in [0, 0.1) is 5.92 Å². The first-order valence-electron chi connectivity index (χ1n) is 9.75. The van der Waals surface area contributed by atoms with Crippen LogP contribution in [-0.4, -0.2) is 78.9 Å². The zero-order valence-corrected chi connectivity index (χ0v) is 16.0. The molecule has 1 aromatic carbocycles. The molecular weight excluding hydrogens is 328 g/mol. The topological polar surface area (TPSA) is 60.3 Å². The van der Waals surface area contributed by atoms with Crippen molar-refractivity contribution in [2.75, 3.05) is 45.9 Å². The number of morpholine rings is 1. The van der Waals surface area contributed by atoms with Crippen molar-refractivity contribution in [3.63, 3.8) is 0 Å². The van der Waals surface area contributed by atoms with E-state index in [1.807, 2.05) is 6.92 Å². The van der Waals surface area contributed by atoms with Gasteiger partial charge < -0.3 is 20.1 Å². The summed E-state index contributed by atoms with van der Waals surface area (Å²) in [6.45, 7) is 10.3. The summed E-state index contributed by atoms with van der Waals surface area (Å²) in [4.78, 5) is 9.59. The number of aliphatic imine (C=N–C) groups is 1. The molecular formula is C20H32N4O2. The number of likely N-dealkylation sites (tertiary alicyclic amines) is 1. The number of benzene rings is 1. The fourth-order valence-corrected chi connectivity index (χ4v) is 3.67. The Bertz CT molecular complexity index is 580. The van der Waals surface area contributed by atoms with Gasteiger partial charge in [-0.25, -0.2) is 0 Å². The lowest BCUT2D eigenvalue weighted by atomic mass is 10.1. The molecule has 0 aromatic heterocycles. The molecule has 0 saturated carbocycles. The zero-order chi connectivity index (χ0) is 18.4. The first-order valence-corrected chi connectivity index (χ1v) is 9.75. The summed E-state index contributed by atoms with van der Waals surface area (Å²) < 4.78 is 6.07. The lowest BCUT2D eigenvalue weighted by Crippen LogP contribution is -2.50. The molecule has 2 aliphatic rings. The van der Waals surface area contributed by atoms with Crippen molar-refractivity contribution < 1.29 is 9.84 Å². The molecule has 0 aliphatic carbocycles. The van der Waals surface area contributed by atoms with Crippen molar-refractivity contribution in [2.24, 2.45) is 10.9 Å². The van der Waals surface area contributed by atoms with E-state index in [9.17, 15) is 5.11 Å². The molecule has 0 bridgehead atoms. The monoisotopic (exact) mass is 360 g/mol. The van der Waals surface area contributed by atoms with Crippen LogP contribution in [0.25, 0.3) is 0 Å². The molecule has 1 aromatic rings. The van der Waals surface area contributed by atoms with E-state index in [4.69, 9.17) is 9.73 Å². The van der Waals surface area contributed by atoms with Gasteiger partial charge in [0.25, 0.3) is 0 Å². The zero-order valence-electron chi connectivity index (χ0n) is 16.0. The van der Waals surface area contributed by atoms with Gasteiger partial charge in [-0.05, 0) is 18.4 Å². The Morgan fingerprint density at radius 3 is 2.88 bits per heavy atom. The highest BCUT2D eigenvalue weighted by Gasteiger charge is 2.41. The summed E-state index contributed by atoms with van der Waals surface area (Å²) in [5.74, 6) is 1.12. The molecule has 0 spiro atoms. The smallest absolute Gasteiger partial charge is 0.194 e. The molecule has 6 heteroatoms. The van der Waals surface area contributed by atoms with Gasteiger partial charge in [0.15, 0.2) is 5.96 Å².